The third kappa shape index (κ3) is 5.16. The Balaban J connectivity index is 1.79. The zero-order valence-electron chi connectivity index (χ0n) is 15.3. The monoisotopic (exact) mass is 390 g/mol. The molecule has 0 saturated heterocycles. The number of halogens is 1. The molecule has 0 bridgehead atoms. The molecule has 4 nitrogen and oxygen atoms in total. The van der Waals surface area contributed by atoms with Gasteiger partial charge in [-0.1, -0.05) is 31.4 Å². The molecule has 0 unspecified atom stereocenters. The molecule has 0 aliphatic heterocycles. The molecule has 6 heteroatoms. The van der Waals surface area contributed by atoms with Crippen LogP contribution in [0.3, 0.4) is 0 Å². The van der Waals surface area contributed by atoms with Crippen molar-refractivity contribution in [3.63, 3.8) is 0 Å². The van der Waals surface area contributed by atoms with Crippen LogP contribution in [0.1, 0.15) is 38.5 Å². The molecule has 3 rings (SSSR count). The molecule has 0 N–H and O–H groups in total. The zero-order valence-corrected chi connectivity index (χ0v) is 16.1. The Labute approximate surface area is 159 Å². The van der Waals surface area contributed by atoms with Crippen LogP contribution in [0.5, 0.6) is 5.75 Å². The summed E-state index contributed by atoms with van der Waals surface area (Å²) < 4.78 is 43.2. The normalized spacial score (nSPS) is 15.5. The van der Waals surface area contributed by atoms with Gasteiger partial charge in [-0.3, -0.25) is 4.79 Å². The molecule has 1 aliphatic rings. The van der Waals surface area contributed by atoms with Crippen molar-refractivity contribution in [3.8, 4) is 16.9 Å². The molecule has 1 aliphatic carbocycles. The van der Waals surface area contributed by atoms with E-state index in [4.69, 9.17) is 4.74 Å². The first-order valence-corrected chi connectivity index (χ1v) is 11.0. The number of sulfone groups is 1. The quantitative estimate of drug-likeness (QED) is 0.545. The first-order valence-electron chi connectivity index (χ1n) is 9.13. The van der Waals surface area contributed by atoms with E-state index < -0.39 is 15.7 Å². The lowest BCUT2D eigenvalue weighted by Gasteiger charge is -2.20. The molecule has 0 aromatic heterocycles. The molecule has 0 amide bonds. The fourth-order valence-corrected chi connectivity index (χ4v) is 4.15. The smallest absolute Gasteiger partial charge is 0.311 e. The molecule has 0 radical (unpaired) electrons. The number of carbonyl (C=O) groups is 1. The number of hydrogen-bond donors (Lipinski definition) is 0. The Morgan fingerprint density at radius 1 is 1.11 bits per heavy atom. The molecule has 0 atom stereocenters. The third-order valence-electron chi connectivity index (χ3n) is 4.92. The highest BCUT2D eigenvalue weighted by molar-refractivity contribution is 7.90. The summed E-state index contributed by atoms with van der Waals surface area (Å²) in [7, 11) is -3.40. The van der Waals surface area contributed by atoms with Gasteiger partial charge in [-0.25, -0.2) is 12.8 Å². The SMILES string of the molecule is CS(=O)(=O)c1cccc(-c2cc(OC(=O)CC3CCCCC3)ccc2F)c1. The lowest BCUT2D eigenvalue weighted by molar-refractivity contribution is -0.135. The van der Waals surface area contributed by atoms with Crippen LogP contribution in [-0.2, 0) is 14.6 Å². The van der Waals surface area contributed by atoms with E-state index in [0.29, 0.717) is 17.9 Å². The van der Waals surface area contributed by atoms with Crippen LogP contribution in [0.25, 0.3) is 11.1 Å². The lowest BCUT2D eigenvalue weighted by atomic mass is 9.87. The van der Waals surface area contributed by atoms with E-state index >= 15 is 0 Å². The second-order valence-electron chi connectivity index (χ2n) is 7.12. The first kappa shape index (κ1) is 19.5. The van der Waals surface area contributed by atoms with Gasteiger partial charge in [0.25, 0.3) is 0 Å². The van der Waals surface area contributed by atoms with E-state index in [1.165, 1.54) is 36.8 Å². The Morgan fingerprint density at radius 3 is 2.56 bits per heavy atom. The summed E-state index contributed by atoms with van der Waals surface area (Å²) in [5.74, 6) is -0.202. The Hall–Kier alpha value is -2.21. The van der Waals surface area contributed by atoms with Gasteiger partial charge in [-0.2, -0.15) is 0 Å². The minimum atomic E-state index is -3.40. The lowest BCUT2D eigenvalue weighted by Crippen LogP contribution is -2.16. The van der Waals surface area contributed by atoms with Crippen molar-refractivity contribution in [2.45, 2.75) is 43.4 Å². The number of ether oxygens (including phenoxy) is 1. The summed E-state index contributed by atoms with van der Waals surface area (Å²) in [5.41, 5.74) is 0.615. The van der Waals surface area contributed by atoms with Crippen LogP contribution in [0.4, 0.5) is 4.39 Å². The Kier molecular flexibility index (Phi) is 5.95. The van der Waals surface area contributed by atoms with Crippen molar-refractivity contribution in [1.82, 2.24) is 0 Å². The number of esters is 1. The van der Waals surface area contributed by atoms with Crippen molar-refractivity contribution in [3.05, 3.63) is 48.3 Å². The second-order valence-corrected chi connectivity index (χ2v) is 9.14. The standard InChI is InChI=1S/C21H23FO4S/c1-27(24,25)18-9-5-8-16(13-18)19-14-17(10-11-20(19)22)26-21(23)12-15-6-3-2-4-7-15/h5,8-11,13-15H,2-4,6-7,12H2,1H3. The topological polar surface area (TPSA) is 60.4 Å². The summed E-state index contributed by atoms with van der Waals surface area (Å²) in [6.45, 7) is 0. The third-order valence-corrected chi connectivity index (χ3v) is 6.03. The average Bonchev–Trinajstić information content (AvgIpc) is 2.63. The predicted molar refractivity (Wildman–Crippen MR) is 102 cm³/mol. The highest BCUT2D eigenvalue weighted by Gasteiger charge is 2.19. The molecule has 1 fully saturated rings. The molecule has 144 valence electrons. The predicted octanol–water partition coefficient (Wildman–Crippen LogP) is 4.77. The van der Waals surface area contributed by atoms with Crippen LogP contribution in [-0.4, -0.2) is 20.6 Å². The summed E-state index contributed by atoms with van der Waals surface area (Å²) in [6.07, 6.45) is 7.08. The molecule has 0 spiro atoms. The fraction of sp³-hybridized carbons (Fsp3) is 0.381. The molecule has 27 heavy (non-hydrogen) atoms. The fourth-order valence-electron chi connectivity index (χ4n) is 3.48. The van der Waals surface area contributed by atoms with Gasteiger partial charge >= 0.3 is 5.97 Å². The van der Waals surface area contributed by atoms with Gasteiger partial charge in [-0.05, 0) is 54.7 Å². The summed E-state index contributed by atoms with van der Waals surface area (Å²) in [4.78, 5) is 12.3. The van der Waals surface area contributed by atoms with E-state index in [-0.39, 0.29) is 22.2 Å². The van der Waals surface area contributed by atoms with E-state index in [9.17, 15) is 17.6 Å². The summed E-state index contributed by atoms with van der Waals surface area (Å²) in [5, 5.41) is 0. The van der Waals surface area contributed by atoms with Crippen LogP contribution < -0.4 is 4.74 Å². The number of carbonyl (C=O) groups excluding carboxylic acids is 1. The van der Waals surface area contributed by atoms with E-state index in [1.807, 2.05) is 0 Å². The van der Waals surface area contributed by atoms with Gasteiger partial charge in [0.1, 0.15) is 11.6 Å². The zero-order chi connectivity index (χ0) is 19.4. The van der Waals surface area contributed by atoms with Gasteiger partial charge in [0.2, 0.25) is 0 Å². The second kappa shape index (κ2) is 8.21. The first-order chi connectivity index (χ1) is 12.8. The van der Waals surface area contributed by atoms with Gasteiger partial charge in [0, 0.05) is 18.2 Å². The number of rotatable bonds is 5. The van der Waals surface area contributed by atoms with Crippen LogP contribution in [0.15, 0.2) is 47.4 Å². The largest absolute Gasteiger partial charge is 0.426 e. The van der Waals surface area contributed by atoms with Crippen molar-refractivity contribution >= 4 is 15.8 Å². The maximum Gasteiger partial charge on any atom is 0.311 e. The van der Waals surface area contributed by atoms with Gasteiger partial charge in [-0.15, -0.1) is 0 Å². The minimum Gasteiger partial charge on any atom is -0.426 e. The van der Waals surface area contributed by atoms with E-state index in [0.717, 1.165) is 31.9 Å². The minimum absolute atomic E-state index is 0.110. The molecular formula is C21H23FO4S. The molecular weight excluding hydrogens is 367 g/mol. The average molecular weight is 390 g/mol. The summed E-state index contributed by atoms with van der Waals surface area (Å²) in [6, 6.07) is 10.2. The van der Waals surface area contributed by atoms with Gasteiger partial charge in [0.05, 0.1) is 4.90 Å². The number of hydrogen-bond acceptors (Lipinski definition) is 4. The maximum atomic E-state index is 14.3. The molecule has 1 saturated carbocycles. The van der Waals surface area contributed by atoms with Crippen molar-refractivity contribution in [2.24, 2.45) is 5.92 Å². The molecule has 2 aromatic carbocycles. The highest BCUT2D eigenvalue weighted by atomic mass is 32.2. The molecule has 2 aromatic rings. The Morgan fingerprint density at radius 2 is 1.85 bits per heavy atom. The van der Waals surface area contributed by atoms with E-state index in [1.54, 1.807) is 12.1 Å². The number of benzene rings is 2. The Bertz CT molecular complexity index is 931. The summed E-state index contributed by atoms with van der Waals surface area (Å²) >= 11 is 0. The van der Waals surface area contributed by atoms with Crippen LogP contribution in [0, 0.1) is 11.7 Å². The van der Waals surface area contributed by atoms with Gasteiger partial charge in [0.15, 0.2) is 9.84 Å². The maximum absolute atomic E-state index is 14.3. The van der Waals surface area contributed by atoms with Crippen LogP contribution >= 0.6 is 0 Å². The van der Waals surface area contributed by atoms with Gasteiger partial charge < -0.3 is 4.74 Å². The van der Waals surface area contributed by atoms with Crippen molar-refractivity contribution in [2.75, 3.05) is 6.26 Å². The van der Waals surface area contributed by atoms with Crippen molar-refractivity contribution < 1.29 is 22.3 Å². The van der Waals surface area contributed by atoms with Crippen LogP contribution in [0.2, 0.25) is 0 Å². The highest BCUT2D eigenvalue weighted by Crippen LogP contribution is 2.30. The van der Waals surface area contributed by atoms with Crippen molar-refractivity contribution in [1.29, 1.82) is 0 Å². The molecule has 0 heterocycles. The van der Waals surface area contributed by atoms with E-state index in [2.05, 4.69) is 0 Å².